The Morgan fingerprint density at radius 2 is 1.79 bits per heavy atom. The minimum absolute atomic E-state index is 0.0458. The van der Waals surface area contributed by atoms with E-state index < -0.39 is 5.82 Å². The second kappa shape index (κ2) is 9.18. The van der Waals surface area contributed by atoms with Crippen LogP contribution in [0.15, 0.2) is 54.6 Å². The number of aliphatic hydroxyl groups is 1. The summed E-state index contributed by atoms with van der Waals surface area (Å²) in [5, 5.41) is 9.94. The Labute approximate surface area is 170 Å². The van der Waals surface area contributed by atoms with Crippen LogP contribution in [0.1, 0.15) is 42.1 Å². The fourth-order valence-corrected chi connectivity index (χ4v) is 4.21. The number of hydrogen-bond donors (Lipinski definition) is 1. The zero-order valence-corrected chi connectivity index (χ0v) is 16.8. The average molecular weight is 398 g/mol. The van der Waals surface area contributed by atoms with Crippen molar-refractivity contribution in [3.8, 4) is 0 Å². The summed E-state index contributed by atoms with van der Waals surface area (Å²) in [6, 6.07) is 14.8. The number of likely N-dealkylation sites (N-methyl/N-ethyl adjacent to an activating group) is 1. The molecule has 3 rings (SSSR count). The highest BCUT2D eigenvalue weighted by Crippen LogP contribution is 2.41. The van der Waals surface area contributed by atoms with Gasteiger partial charge in [0.15, 0.2) is 0 Å². The van der Waals surface area contributed by atoms with Crippen LogP contribution in [0.5, 0.6) is 0 Å². The third-order valence-electron chi connectivity index (χ3n) is 5.65. The molecule has 6 heteroatoms. The van der Waals surface area contributed by atoms with E-state index in [9.17, 15) is 19.1 Å². The Hall–Kier alpha value is -2.73. The minimum atomic E-state index is -0.458. The Balaban J connectivity index is 1.88. The molecule has 0 radical (unpaired) electrons. The lowest BCUT2D eigenvalue weighted by Crippen LogP contribution is -2.68. The molecule has 3 atom stereocenters. The Kier molecular flexibility index (Phi) is 6.64. The minimum Gasteiger partial charge on any atom is -0.394 e. The van der Waals surface area contributed by atoms with Gasteiger partial charge in [0.05, 0.1) is 18.7 Å². The number of benzene rings is 2. The van der Waals surface area contributed by atoms with Crippen LogP contribution in [0.2, 0.25) is 0 Å². The number of amides is 2. The van der Waals surface area contributed by atoms with Gasteiger partial charge >= 0.3 is 0 Å². The summed E-state index contributed by atoms with van der Waals surface area (Å²) in [5.74, 6) is -0.836. The summed E-state index contributed by atoms with van der Waals surface area (Å²) in [4.78, 5) is 28.9. The lowest BCUT2D eigenvalue weighted by atomic mass is 9.74. The first-order valence-corrected chi connectivity index (χ1v) is 10.0. The second-order valence-electron chi connectivity index (χ2n) is 7.26. The number of hydrogen-bond acceptors (Lipinski definition) is 3. The van der Waals surface area contributed by atoms with E-state index in [1.54, 1.807) is 22.8 Å². The summed E-state index contributed by atoms with van der Waals surface area (Å²) in [7, 11) is 0. The molecule has 154 valence electrons. The molecule has 0 saturated carbocycles. The highest BCUT2D eigenvalue weighted by atomic mass is 19.1. The summed E-state index contributed by atoms with van der Waals surface area (Å²) in [5.41, 5.74) is 1.32. The molecule has 5 nitrogen and oxygen atoms in total. The van der Waals surface area contributed by atoms with Gasteiger partial charge in [-0.15, -0.1) is 0 Å². The zero-order valence-electron chi connectivity index (χ0n) is 16.8. The monoisotopic (exact) mass is 398 g/mol. The molecule has 1 saturated heterocycles. The molecule has 1 aliphatic rings. The molecule has 1 fully saturated rings. The molecule has 1 N–H and O–H groups in total. The maximum Gasteiger partial charge on any atom is 0.254 e. The first-order chi connectivity index (χ1) is 14.0. The van der Waals surface area contributed by atoms with Gasteiger partial charge in [-0.3, -0.25) is 9.59 Å². The van der Waals surface area contributed by atoms with Gasteiger partial charge in [-0.05, 0) is 30.7 Å². The third kappa shape index (κ3) is 4.17. The molecule has 0 bridgehead atoms. The maximum absolute atomic E-state index is 13.6. The quantitative estimate of drug-likeness (QED) is 0.780. The van der Waals surface area contributed by atoms with E-state index >= 15 is 0 Å². The van der Waals surface area contributed by atoms with Gasteiger partial charge in [0.1, 0.15) is 5.82 Å². The number of rotatable bonds is 7. The van der Waals surface area contributed by atoms with E-state index in [2.05, 4.69) is 0 Å². The fraction of sp³-hybridized carbons (Fsp3) is 0.391. The van der Waals surface area contributed by atoms with Crippen LogP contribution in [0, 0.1) is 5.82 Å². The number of nitrogens with zero attached hydrogens (tertiary/aromatic N) is 2. The zero-order chi connectivity index (χ0) is 21.0. The van der Waals surface area contributed by atoms with Crippen LogP contribution in [0.4, 0.5) is 4.39 Å². The van der Waals surface area contributed by atoms with Crippen molar-refractivity contribution in [2.45, 2.75) is 38.3 Å². The largest absolute Gasteiger partial charge is 0.394 e. The van der Waals surface area contributed by atoms with Crippen molar-refractivity contribution in [2.24, 2.45) is 0 Å². The van der Waals surface area contributed by atoms with Crippen LogP contribution in [0.25, 0.3) is 0 Å². The fourth-order valence-electron chi connectivity index (χ4n) is 4.21. The van der Waals surface area contributed by atoms with E-state index in [1.807, 2.05) is 37.3 Å². The van der Waals surface area contributed by atoms with Gasteiger partial charge in [0, 0.05) is 31.0 Å². The molecule has 29 heavy (non-hydrogen) atoms. The molecule has 0 spiro atoms. The number of carbonyl (C=O) groups excluding carboxylic acids is 2. The molecule has 0 unspecified atom stereocenters. The van der Waals surface area contributed by atoms with Crippen molar-refractivity contribution in [1.82, 2.24) is 9.80 Å². The first kappa shape index (κ1) is 21.0. The summed E-state index contributed by atoms with van der Waals surface area (Å²) in [6.45, 7) is 4.28. The lowest BCUT2D eigenvalue weighted by Gasteiger charge is -2.56. The second-order valence-corrected chi connectivity index (χ2v) is 7.26. The molecule has 1 heterocycles. The highest BCUT2D eigenvalue weighted by molar-refractivity contribution is 5.94. The normalized spacial score (nSPS) is 20.8. The molecular formula is C23H27FN2O3. The van der Waals surface area contributed by atoms with Gasteiger partial charge in [0.2, 0.25) is 5.91 Å². The smallest absolute Gasteiger partial charge is 0.254 e. The molecular weight excluding hydrogens is 371 g/mol. The van der Waals surface area contributed by atoms with Crippen LogP contribution in [0.3, 0.4) is 0 Å². The van der Waals surface area contributed by atoms with Crippen LogP contribution in [-0.2, 0) is 4.79 Å². The van der Waals surface area contributed by atoms with Crippen LogP contribution >= 0.6 is 0 Å². The van der Waals surface area contributed by atoms with Crippen molar-refractivity contribution >= 4 is 11.8 Å². The lowest BCUT2D eigenvalue weighted by molar-refractivity contribution is -0.151. The predicted octanol–water partition coefficient (Wildman–Crippen LogP) is 3.05. The predicted molar refractivity (Wildman–Crippen MR) is 109 cm³/mol. The standard InChI is InChI=1S/C23H27FN2O3/c1-3-21(28)26-19(22(20(26)15-27)16-9-6-5-7-10-16)14-25(4-2)23(29)17-11-8-12-18(24)13-17/h5-13,19-20,22,27H,3-4,14-15H2,1-2H3/t19-,20+,22+/m0/s1. The van der Waals surface area contributed by atoms with E-state index in [-0.39, 0.29) is 42.0 Å². The van der Waals surface area contributed by atoms with Gasteiger partial charge in [0.25, 0.3) is 5.91 Å². The average Bonchev–Trinajstić information content (AvgIpc) is 2.73. The van der Waals surface area contributed by atoms with E-state index in [0.29, 0.717) is 19.5 Å². The van der Waals surface area contributed by atoms with Crippen LogP contribution < -0.4 is 0 Å². The summed E-state index contributed by atoms with van der Waals surface area (Å²) in [6.07, 6.45) is 0.332. The van der Waals surface area contributed by atoms with Gasteiger partial charge in [-0.2, -0.15) is 0 Å². The Bertz CT molecular complexity index is 858. The van der Waals surface area contributed by atoms with Crippen molar-refractivity contribution in [1.29, 1.82) is 0 Å². The molecule has 2 amide bonds. The molecule has 2 aromatic carbocycles. The number of aliphatic hydroxyl groups excluding tert-OH is 1. The van der Waals surface area contributed by atoms with E-state index in [1.165, 1.54) is 18.2 Å². The molecule has 2 aromatic rings. The molecule has 1 aliphatic heterocycles. The first-order valence-electron chi connectivity index (χ1n) is 10.0. The van der Waals surface area contributed by atoms with Gasteiger partial charge < -0.3 is 14.9 Å². The molecule has 0 aromatic heterocycles. The van der Waals surface area contributed by atoms with Crippen molar-refractivity contribution < 1.29 is 19.1 Å². The van der Waals surface area contributed by atoms with Crippen molar-refractivity contribution in [3.05, 3.63) is 71.5 Å². The Morgan fingerprint density at radius 1 is 1.07 bits per heavy atom. The number of halogens is 1. The summed E-state index contributed by atoms with van der Waals surface area (Å²) >= 11 is 0. The van der Waals surface area contributed by atoms with E-state index in [0.717, 1.165) is 5.56 Å². The van der Waals surface area contributed by atoms with E-state index in [4.69, 9.17) is 0 Å². The third-order valence-corrected chi connectivity index (χ3v) is 5.65. The van der Waals surface area contributed by atoms with Crippen molar-refractivity contribution in [2.75, 3.05) is 19.7 Å². The molecule has 0 aliphatic carbocycles. The SMILES string of the molecule is CCC(=O)N1[C@H](CO)[C@H](c2ccccc2)[C@@H]1CN(CC)C(=O)c1cccc(F)c1. The van der Waals surface area contributed by atoms with Gasteiger partial charge in [-0.25, -0.2) is 4.39 Å². The topological polar surface area (TPSA) is 60.9 Å². The van der Waals surface area contributed by atoms with Crippen molar-refractivity contribution in [3.63, 3.8) is 0 Å². The van der Waals surface area contributed by atoms with Gasteiger partial charge in [-0.1, -0.05) is 43.3 Å². The summed E-state index contributed by atoms with van der Waals surface area (Å²) < 4.78 is 13.6. The highest BCUT2D eigenvalue weighted by Gasteiger charge is 2.51. The maximum atomic E-state index is 13.6. The van der Waals surface area contributed by atoms with Crippen LogP contribution in [-0.4, -0.2) is 58.5 Å². The number of likely N-dealkylation sites (tertiary alicyclic amines) is 1. The Morgan fingerprint density at radius 3 is 2.38 bits per heavy atom. The number of carbonyl (C=O) groups is 2.